The predicted octanol–water partition coefficient (Wildman–Crippen LogP) is 3.70. The molecule has 19 heavy (non-hydrogen) atoms. The van der Waals surface area contributed by atoms with Gasteiger partial charge in [0, 0.05) is 17.5 Å². The van der Waals surface area contributed by atoms with Gasteiger partial charge in [-0.05, 0) is 35.6 Å². The Morgan fingerprint density at radius 1 is 1.37 bits per heavy atom. The van der Waals surface area contributed by atoms with Crippen molar-refractivity contribution in [1.29, 1.82) is 0 Å². The monoisotopic (exact) mass is 277 g/mol. The molecule has 1 aromatic heterocycles. The van der Waals surface area contributed by atoms with E-state index in [0.717, 1.165) is 18.5 Å². The SMILES string of the molecule is CCC(NCc1ccc(O)c(OC)c1)c1cccs1. The number of benzene rings is 1. The first kappa shape index (κ1) is 13.9. The van der Waals surface area contributed by atoms with E-state index in [9.17, 15) is 5.11 Å². The van der Waals surface area contributed by atoms with Gasteiger partial charge in [-0.25, -0.2) is 0 Å². The summed E-state index contributed by atoms with van der Waals surface area (Å²) in [7, 11) is 1.56. The number of phenols is 1. The van der Waals surface area contributed by atoms with Crippen LogP contribution in [0, 0.1) is 0 Å². The fourth-order valence-electron chi connectivity index (χ4n) is 2.01. The molecule has 102 valence electrons. The van der Waals surface area contributed by atoms with Crippen LogP contribution < -0.4 is 10.1 Å². The molecule has 2 aromatic rings. The molecule has 0 bridgehead atoms. The number of phenolic OH excluding ortho intramolecular Hbond substituents is 1. The zero-order valence-corrected chi connectivity index (χ0v) is 12.0. The third kappa shape index (κ3) is 3.49. The number of nitrogens with one attached hydrogen (secondary N) is 1. The Kier molecular flexibility index (Phi) is 4.82. The minimum atomic E-state index is 0.177. The van der Waals surface area contributed by atoms with Crippen molar-refractivity contribution in [1.82, 2.24) is 5.32 Å². The minimum Gasteiger partial charge on any atom is -0.504 e. The molecule has 0 amide bonds. The van der Waals surface area contributed by atoms with Crippen molar-refractivity contribution in [2.45, 2.75) is 25.9 Å². The van der Waals surface area contributed by atoms with E-state index in [1.165, 1.54) is 4.88 Å². The highest BCUT2D eigenvalue weighted by Crippen LogP contribution is 2.27. The molecule has 0 aliphatic rings. The van der Waals surface area contributed by atoms with E-state index in [4.69, 9.17) is 4.74 Å². The van der Waals surface area contributed by atoms with Gasteiger partial charge in [-0.1, -0.05) is 19.1 Å². The summed E-state index contributed by atoms with van der Waals surface area (Å²) in [6, 6.07) is 10.0. The summed E-state index contributed by atoms with van der Waals surface area (Å²) in [6.07, 6.45) is 1.05. The van der Waals surface area contributed by atoms with Crippen LogP contribution in [-0.4, -0.2) is 12.2 Å². The van der Waals surface area contributed by atoms with Crippen LogP contribution in [0.15, 0.2) is 35.7 Å². The lowest BCUT2D eigenvalue weighted by Crippen LogP contribution is -2.19. The summed E-state index contributed by atoms with van der Waals surface area (Å²) < 4.78 is 5.12. The zero-order valence-electron chi connectivity index (χ0n) is 11.2. The molecule has 1 heterocycles. The van der Waals surface area contributed by atoms with E-state index in [1.807, 2.05) is 12.1 Å². The molecule has 2 N–H and O–H groups in total. The molecule has 3 nitrogen and oxygen atoms in total. The maximum atomic E-state index is 9.57. The van der Waals surface area contributed by atoms with Crippen molar-refractivity contribution < 1.29 is 9.84 Å². The van der Waals surface area contributed by atoms with Gasteiger partial charge in [0.25, 0.3) is 0 Å². The van der Waals surface area contributed by atoms with Gasteiger partial charge in [0.15, 0.2) is 11.5 Å². The smallest absolute Gasteiger partial charge is 0.160 e. The first-order valence-corrected chi connectivity index (χ1v) is 7.25. The second-order valence-electron chi connectivity index (χ2n) is 4.36. The second kappa shape index (κ2) is 6.59. The minimum absolute atomic E-state index is 0.177. The Balaban J connectivity index is 2.01. The Hall–Kier alpha value is -1.52. The van der Waals surface area contributed by atoms with E-state index < -0.39 is 0 Å². The Morgan fingerprint density at radius 2 is 2.21 bits per heavy atom. The van der Waals surface area contributed by atoms with E-state index in [2.05, 4.69) is 29.8 Å². The van der Waals surface area contributed by atoms with E-state index >= 15 is 0 Å². The highest BCUT2D eigenvalue weighted by Gasteiger charge is 2.10. The van der Waals surface area contributed by atoms with Crippen LogP contribution in [0.25, 0.3) is 0 Å². The Morgan fingerprint density at radius 3 is 2.84 bits per heavy atom. The molecule has 2 rings (SSSR count). The fraction of sp³-hybridized carbons (Fsp3) is 0.333. The molecule has 0 fully saturated rings. The average molecular weight is 277 g/mol. The summed E-state index contributed by atoms with van der Waals surface area (Å²) >= 11 is 1.77. The molecule has 4 heteroatoms. The summed E-state index contributed by atoms with van der Waals surface area (Å²) in [4.78, 5) is 1.35. The first-order valence-electron chi connectivity index (χ1n) is 6.37. The lowest BCUT2D eigenvalue weighted by atomic mass is 10.1. The van der Waals surface area contributed by atoms with E-state index in [0.29, 0.717) is 11.8 Å². The third-order valence-electron chi connectivity index (χ3n) is 3.09. The van der Waals surface area contributed by atoms with E-state index in [-0.39, 0.29) is 5.75 Å². The normalized spacial score (nSPS) is 12.3. The van der Waals surface area contributed by atoms with Crippen LogP contribution in [0.5, 0.6) is 11.5 Å². The van der Waals surface area contributed by atoms with Crippen LogP contribution in [0.2, 0.25) is 0 Å². The van der Waals surface area contributed by atoms with Gasteiger partial charge >= 0.3 is 0 Å². The van der Waals surface area contributed by atoms with Crippen molar-refractivity contribution in [3.63, 3.8) is 0 Å². The molecule has 1 atom stereocenters. The standard InChI is InChI=1S/C15H19NO2S/c1-3-12(15-5-4-8-19-15)16-10-11-6-7-13(17)14(9-11)18-2/h4-9,12,16-17H,3,10H2,1-2H3. The molecular weight excluding hydrogens is 258 g/mol. The maximum Gasteiger partial charge on any atom is 0.160 e. The van der Waals surface area contributed by atoms with Gasteiger partial charge in [0.2, 0.25) is 0 Å². The van der Waals surface area contributed by atoms with Gasteiger partial charge in [-0.15, -0.1) is 11.3 Å². The molecule has 0 spiro atoms. The maximum absolute atomic E-state index is 9.57. The van der Waals surface area contributed by atoms with Gasteiger partial charge < -0.3 is 15.2 Å². The topological polar surface area (TPSA) is 41.5 Å². The second-order valence-corrected chi connectivity index (χ2v) is 5.34. The van der Waals surface area contributed by atoms with Crippen LogP contribution in [0.1, 0.15) is 29.8 Å². The number of thiophene rings is 1. The molecular formula is C15H19NO2S. The van der Waals surface area contributed by atoms with Gasteiger partial charge in [-0.2, -0.15) is 0 Å². The summed E-state index contributed by atoms with van der Waals surface area (Å²) in [5.74, 6) is 0.694. The molecule has 0 radical (unpaired) electrons. The Bertz CT molecular complexity index is 511. The summed E-state index contributed by atoms with van der Waals surface area (Å²) in [5.41, 5.74) is 1.10. The number of ether oxygens (including phenoxy) is 1. The molecule has 0 saturated carbocycles. The van der Waals surface area contributed by atoms with Crippen LogP contribution >= 0.6 is 11.3 Å². The number of aromatic hydroxyl groups is 1. The van der Waals surface area contributed by atoms with Crippen molar-refractivity contribution in [3.8, 4) is 11.5 Å². The van der Waals surface area contributed by atoms with Crippen LogP contribution in [0.4, 0.5) is 0 Å². The predicted molar refractivity (Wildman–Crippen MR) is 78.8 cm³/mol. The van der Waals surface area contributed by atoms with Gasteiger partial charge in [0.05, 0.1) is 7.11 Å². The zero-order chi connectivity index (χ0) is 13.7. The lowest BCUT2D eigenvalue weighted by molar-refractivity contribution is 0.372. The van der Waals surface area contributed by atoms with Gasteiger partial charge in [0.1, 0.15) is 0 Å². The number of hydrogen-bond acceptors (Lipinski definition) is 4. The molecule has 1 unspecified atom stereocenters. The summed E-state index contributed by atoms with van der Waals surface area (Å²) in [6.45, 7) is 2.93. The van der Waals surface area contributed by atoms with Gasteiger partial charge in [-0.3, -0.25) is 0 Å². The van der Waals surface area contributed by atoms with E-state index in [1.54, 1.807) is 24.5 Å². The third-order valence-corrected chi connectivity index (χ3v) is 4.08. The number of methoxy groups -OCH3 is 1. The molecule has 0 aliphatic carbocycles. The highest BCUT2D eigenvalue weighted by atomic mass is 32.1. The lowest BCUT2D eigenvalue weighted by Gasteiger charge is -2.16. The molecule has 0 aliphatic heterocycles. The first-order chi connectivity index (χ1) is 9.24. The largest absolute Gasteiger partial charge is 0.504 e. The van der Waals surface area contributed by atoms with Crippen molar-refractivity contribution in [3.05, 3.63) is 46.2 Å². The van der Waals surface area contributed by atoms with Crippen molar-refractivity contribution in [2.75, 3.05) is 7.11 Å². The quantitative estimate of drug-likeness (QED) is 0.846. The fourth-order valence-corrected chi connectivity index (χ4v) is 2.89. The van der Waals surface area contributed by atoms with Crippen molar-refractivity contribution >= 4 is 11.3 Å². The van der Waals surface area contributed by atoms with Crippen LogP contribution in [0.3, 0.4) is 0 Å². The Labute approximate surface area is 117 Å². The van der Waals surface area contributed by atoms with Crippen molar-refractivity contribution in [2.24, 2.45) is 0 Å². The molecule has 1 aromatic carbocycles. The number of hydrogen-bond donors (Lipinski definition) is 2. The molecule has 0 saturated heterocycles. The van der Waals surface area contributed by atoms with Crippen LogP contribution in [-0.2, 0) is 6.54 Å². The average Bonchev–Trinajstić information content (AvgIpc) is 2.95. The summed E-state index contributed by atoms with van der Waals surface area (Å²) in [5, 5.41) is 15.2. The number of rotatable bonds is 6. The highest BCUT2D eigenvalue weighted by molar-refractivity contribution is 7.10.